The summed E-state index contributed by atoms with van der Waals surface area (Å²) in [6, 6.07) is 8.69. The van der Waals surface area contributed by atoms with Crippen LogP contribution in [0.1, 0.15) is 35.7 Å². The lowest BCUT2D eigenvalue weighted by Gasteiger charge is -2.31. The van der Waals surface area contributed by atoms with Gasteiger partial charge in [-0.05, 0) is 63.8 Å². The lowest BCUT2D eigenvalue weighted by Crippen LogP contribution is -2.41. The van der Waals surface area contributed by atoms with Crippen LogP contribution < -0.4 is 5.32 Å². The Hall–Kier alpha value is -4.70. The second-order valence-electron chi connectivity index (χ2n) is 10.4. The number of anilines is 1. The molecule has 1 saturated heterocycles. The molecule has 3 heterocycles. The minimum Gasteiger partial charge on any atom is -0.377 e. The van der Waals surface area contributed by atoms with E-state index in [0.29, 0.717) is 71.2 Å². The largest absolute Gasteiger partial charge is 0.377 e. The summed E-state index contributed by atoms with van der Waals surface area (Å²) in [5, 5.41) is 33.1. The normalized spacial score (nSPS) is 14.1. The first-order valence-electron chi connectivity index (χ1n) is 13.5. The van der Waals surface area contributed by atoms with Gasteiger partial charge in [0.15, 0.2) is 0 Å². The zero-order valence-corrected chi connectivity index (χ0v) is 25.5. The zero-order valence-electron chi connectivity index (χ0n) is 24.7. The number of aromatic nitrogens is 2. The van der Waals surface area contributed by atoms with Crippen molar-refractivity contribution in [3.05, 3.63) is 85.4 Å². The van der Waals surface area contributed by atoms with Gasteiger partial charge in [-0.25, -0.2) is 12.7 Å². The Morgan fingerprint density at radius 1 is 0.864 bits per heavy atom. The summed E-state index contributed by atoms with van der Waals surface area (Å²) in [5.41, 5.74) is 3.75. The van der Waals surface area contributed by atoms with Crippen molar-refractivity contribution in [2.24, 2.45) is 0 Å². The van der Waals surface area contributed by atoms with Crippen LogP contribution in [0, 0.1) is 53.7 Å². The Balaban J connectivity index is 0.000000223. The maximum absolute atomic E-state index is 13.2. The third-order valence-corrected chi connectivity index (χ3v) is 8.57. The van der Waals surface area contributed by atoms with E-state index in [0.717, 1.165) is 11.6 Å². The van der Waals surface area contributed by atoms with E-state index in [9.17, 15) is 33.0 Å². The predicted molar refractivity (Wildman–Crippen MR) is 159 cm³/mol. The van der Waals surface area contributed by atoms with Crippen molar-refractivity contribution in [1.29, 1.82) is 0 Å². The molecule has 44 heavy (non-hydrogen) atoms. The van der Waals surface area contributed by atoms with Crippen LogP contribution in [0.5, 0.6) is 0 Å². The van der Waals surface area contributed by atoms with Crippen LogP contribution in [-0.4, -0.2) is 58.3 Å². The number of nitro groups is 2. The number of piperidine rings is 1. The smallest absolute Gasteiger partial charge is 0.305 e. The molecule has 0 bridgehead atoms. The number of rotatable bonds is 7. The third kappa shape index (κ3) is 7.08. The number of nitrogens with one attached hydrogen (secondary N) is 1. The Bertz CT molecular complexity index is 1770. The second kappa shape index (κ2) is 12.9. The van der Waals surface area contributed by atoms with Crippen LogP contribution in [0.3, 0.4) is 0 Å². The van der Waals surface area contributed by atoms with E-state index in [-0.39, 0.29) is 11.7 Å². The van der Waals surface area contributed by atoms with E-state index < -0.39 is 31.4 Å². The number of hydrogen-bond acceptors (Lipinski definition) is 11. The monoisotopic (exact) mass is 630 g/mol. The first-order chi connectivity index (χ1) is 20.7. The van der Waals surface area contributed by atoms with E-state index >= 15 is 0 Å². The molecule has 1 aliphatic heterocycles. The average Bonchev–Trinajstić information content (AvgIpc) is 3.48. The second-order valence-corrected chi connectivity index (χ2v) is 12.4. The highest BCUT2D eigenvalue weighted by Gasteiger charge is 2.27. The Morgan fingerprint density at radius 3 is 1.77 bits per heavy atom. The van der Waals surface area contributed by atoms with Crippen molar-refractivity contribution in [1.82, 2.24) is 14.6 Å². The fraction of sp³-hybridized carbons (Fsp3) is 0.357. The summed E-state index contributed by atoms with van der Waals surface area (Å²) < 4.78 is 47.9. The molecule has 0 atom stereocenters. The molecule has 2 aromatic heterocycles. The Kier molecular flexibility index (Phi) is 9.44. The molecule has 2 aromatic carbocycles. The minimum atomic E-state index is -3.20. The van der Waals surface area contributed by atoms with E-state index in [1.54, 1.807) is 39.8 Å². The molecule has 4 aromatic rings. The van der Waals surface area contributed by atoms with Gasteiger partial charge in [0, 0.05) is 42.4 Å². The predicted octanol–water partition coefficient (Wildman–Crippen LogP) is 5.71. The van der Waals surface area contributed by atoms with Gasteiger partial charge in [0.1, 0.15) is 17.2 Å². The van der Waals surface area contributed by atoms with Gasteiger partial charge in [0.2, 0.25) is 15.8 Å². The van der Waals surface area contributed by atoms with Crippen molar-refractivity contribution in [3.8, 4) is 22.3 Å². The van der Waals surface area contributed by atoms with Crippen molar-refractivity contribution in [3.63, 3.8) is 0 Å². The van der Waals surface area contributed by atoms with Gasteiger partial charge in [-0.2, -0.15) is 4.39 Å². The fourth-order valence-corrected chi connectivity index (χ4v) is 5.98. The maximum atomic E-state index is 13.2. The number of hydrogen-bond donors (Lipinski definition) is 1. The van der Waals surface area contributed by atoms with Crippen molar-refractivity contribution >= 4 is 27.1 Å². The highest BCUT2D eigenvalue weighted by atomic mass is 32.2. The molecule has 1 aliphatic rings. The number of benzene rings is 2. The molecule has 16 heteroatoms. The van der Waals surface area contributed by atoms with Gasteiger partial charge in [-0.15, -0.1) is 0 Å². The number of halogens is 1. The number of nitro benzene ring substituents is 2. The molecular weight excluding hydrogens is 599 g/mol. The average molecular weight is 631 g/mol. The van der Waals surface area contributed by atoms with Crippen LogP contribution in [0.15, 0.2) is 45.4 Å². The summed E-state index contributed by atoms with van der Waals surface area (Å²) in [4.78, 5) is 21.0. The summed E-state index contributed by atoms with van der Waals surface area (Å²) in [6.07, 6.45) is 2.38. The maximum Gasteiger partial charge on any atom is 0.305 e. The van der Waals surface area contributed by atoms with Gasteiger partial charge in [-0.3, -0.25) is 20.2 Å². The van der Waals surface area contributed by atoms with Crippen LogP contribution in [0.4, 0.5) is 21.5 Å². The first kappa shape index (κ1) is 32.2. The van der Waals surface area contributed by atoms with E-state index in [4.69, 9.17) is 9.05 Å². The molecule has 0 amide bonds. The number of sulfonamides is 1. The molecule has 5 rings (SSSR count). The lowest BCUT2D eigenvalue weighted by molar-refractivity contribution is -0.387. The van der Waals surface area contributed by atoms with E-state index in [1.807, 2.05) is 0 Å². The minimum absolute atomic E-state index is 0.0217. The Morgan fingerprint density at radius 2 is 1.34 bits per heavy atom. The van der Waals surface area contributed by atoms with E-state index in [2.05, 4.69) is 15.6 Å². The zero-order chi connectivity index (χ0) is 32.3. The Labute approximate surface area is 252 Å². The van der Waals surface area contributed by atoms with Crippen LogP contribution in [-0.2, 0) is 10.0 Å². The van der Waals surface area contributed by atoms with Gasteiger partial charge in [0.05, 0.1) is 27.5 Å². The summed E-state index contributed by atoms with van der Waals surface area (Å²) in [7, 11) is -3.20. The lowest BCUT2D eigenvalue weighted by atomic mass is 10.0. The molecule has 1 fully saturated rings. The van der Waals surface area contributed by atoms with E-state index in [1.165, 1.54) is 28.8 Å². The standard InChI is InChI=1S/C17H22N4O5S.C11H9FN2O3/c1-11-17(12(2)26-19-11)13-4-5-15(16(10-13)21(22)23)18-14-6-8-20(9-7-14)27(3,24)25;1-6-11(7(2)17-13-6)8-3-4-9(12)10(5-8)14(15)16/h4-5,10,14,18H,6-9H2,1-3H3;3-5H,1-2H3. The molecule has 234 valence electrons. The summed E-state index contributed by atoms with van der Waals surface area (Å²) >= 11 is 0. The van der Waals surface area contributed by atoms with Crippen LogP contribution >= 0.6 is 0 Å². The van der Waals surface area contributed by atoms with Crippen molar-refractivity contribution in [2.45, 2.75) is 46.6 Å². The summed E-state index contributed by atoms with van der Waals surface area (Å²) in [5.74, 6) is 0.296. The summed E-state index contributed by atoms with van der Waals surface area (Å²) in [6.45, 7) is 7.79. The molecule has 0 aliphatic carbocycles. The molecule has 0 spiro atoms. The highest BCUT2D eigenvalue weighted by molar-refractivity contribution is 7.88. The first-order valence-corrected chi connectivity index (χ1v) is 15.3. The molecule has 14 nitrogen and oxygen atoms in total. The van der Waals surface area contributed by atoms with Gasteiger partial charge in [-0.1, -0.05) is 22.4 Å². The van der Waals surface area contributed by atoms with Crippen molar-refractivity contribution < 1.29 is 31.7 Å². The SMILES string of the molecule is Cc1noc(C)c1-c1ccc(F)c([N+](=O)[O-])c1.Cc1noc(C)c1-c1ccc(NC2CCN(S(C)(=O)=O)CC2)c([N+](=O)[O-])c1. The number of nitrogens with zero attached hydrogens (tertiary/aromatic N) is 5. The highest BCUT2D eigenvalue weighted by Crippen LogP contribution is 2.35. The third-order valence-electron chi connectivity index (χ3n) is 7.26. The topological polar surface area (TPSA) is 188 Å². The molecular formula is C28H31FN6O8S. The molecule has 0 saturated carbocycles. The van der Waals surface area contributed by atoms with Crippen LogP contribution in [0.25, 0.3) is 22.3 Å². The van der Waals surface area contributed by atoms with Crippen molar-refractivity contribution in [2.75, 3.05) is 24.7 Å². The van der Waals surface area contributed by atoms with Crippen LogP contribution in [0.2, 0.25) is 0 Å². The number of aryl methyl sites for hydroxylation is 4. The fourth-order valence-electron chi connectivity index (χ4n) is 5.11. The van der Waals surface area contributed by atoms with Gasteiger partial charge in [0.25, 0.3) is 5.69 Å². The molecule has 1 N–H and O–H groups in total. The van der Waals surface area contributed by atoms with Gasteiger partial charge >= 0.3 is 5.69 Å². The molecule has 0 unspecified atom stereocenters. The molecule has 0 radical (unpaired) electrons. The quantitative estimate of drug-likeness (QED) is 0.195. The van der Waals surface area contributed by atoms with Gasteiger partial charge < -0.3 is 14.4 Å².